The SMILES string of the molecule is COc1ccc(-c2cnc3ncn(Cc4ccc5ncccc5c4)c3n2)c(OC)c1. The van der Waals surface area contributed by atoms with E-state index in [1.807, 2.05) is 34.9 Å². The molecule has 148 valence electrons. The fraction of sp³-hybridized carbons (Fsp3) is 0.130. The fourth-order valence-electron chi connectivity index (χ4n) is 3.51. The molecular formula is C23H19N5O2. The van der Waals surface area contributed by atoms with Gasteiger partial charge in [0.05, 0.1) is 44.5 Å². The summed E-state index contributed by atoms with van der Waals surface area (Å²) < 4.78 is 12.8. The summed E-state index contributed by atoms with van der Waals surface area (Å²) in [5, 5.41) is 1.11. The highest BCUT2D eigenvalue weighted by Crippen LogP contribution is 2.32. The number of aromatic nitrogens is 5. The molecule has 0 aliphatic heterocycles. The highest BCUT2D eigenvalue weighted by Gasteiger charge is 2.13. The van der Waals surface area contributed by atoms with E-state index in [9.17, 15) is 0 Å². The third-order valence-corrected chi connectivity index (χ3v) is 5.03. The van der Waals surface area contributed by atoms with Crippen LogP contribution in [0.25, 0.3) is 33.5 Å². The van der Waals surface area contributed by atoms with E-state index in [1.54, 1.807) is 32.9 Å². The van der Waals surface area contributed by atoms with Crippen LogP contribution in [0, 0.1) is 0 Å². The standard InChI is InChI=1S/C23H19N5O2/c1-29-17-6-7-18(21(11-17)30-2)20-12-25-22-23(27-20)28(14-26-22)13-15-5-8-19-16(10-15)4-3-9-24-19/h3-12,14H,13H2,1-2H3. The number of rotatable bonds is 5. The Hall–Kier alpha value is -4.00. The third-order valence-electron chi connectivity index (χ3n) is 5.03. The highest BCUT2D eigenvalue weighted by atomic mass is 16.5. The van der Waals surface area contributed by atoms with E-state index in [4.69, 9.17) is 14.5 Å². The van der Waals surface area contributed by atoms with Gasteiger partial charge < -0.3 is 14.0 Å². The Morgan fingerprint density at radius 2 is 1.87 bits per heavy atom. The summed E-state index contributed by atoms with van der Waals surface area (Å²) >= 11 is 0. The number of imidazole rings is 1. The van der Waals surface area contributed by atoms with Crippen molar-refractivity contribution in [3.8, 4) is 22.8 Å². The quantitative estimate of drug-likeness (QED) is 0.444. The van der Waals surface area contributed by atoms with Gasteiger partial charge in [0.15, 0.2) is 11.3 Å². The van der Waals surface area contributed by atoms with Crippen molar-refractivity contribution >= 4 is 22.2 Å². The van der Waals surface area contributed by atoms with Gasteiger partial charge in [-0.2, -0.15) is 0 Å². The number of methoxy groups -OCH3 is 2. The number of ether oxygens (including phenoxy) is 2. The first kappa shape index (κ1) is 18.1. The van der Waals surface area contributed by atoms with Gasteiger partial charge in [-0.25, -0.2) is 15.0 Å². The van der Waals surface area contributed by atoms with Gasteiger partial charge in [0.2, 0.25) is 0 Å². The minimum Gasteiger partial charge on any atom is -0.497 e. The predicted octanol–water partition coefficient (Wildman–Crippen LogP) is 4.11. The summed E-state index contributed by atoms with van der Waals surface area (Å²) in [6.07, 6.45) is 5.29. The fourth-order valence-corrected chi connectivity index (χ4v) is 3.51. The van der Waals surface area contributed by atoms with Gasteiger partial charge in [0.1, 0.15) is 11.5 Å². The van der Waals surface area contributed by atoms with Crippen molar-refractivity contribution in [3.63, 3.8) is 0 Å². The third kappa shape index (κ3) is 3.20. The van der Waals surface area contributed by atoms with E-state index < -0.39 is 0 Å². The number of nitrogens with zero attached hydrogens (tertiary/aromatic N) is 5. The van der Waals surface area contributed by atoms with E-state index in [0.717, 1.165) is 33.4 Å². The molecule has 0 aliphatic carbocycles. The van der Waals surface area contributed by atoms with Crippen molar-refractivity contribution in [1.82, 2.24) is 24.5 Å². The van der Waals surface area contributed by atoms with Gasteiger partial charge in [-0.3, -0.25) is 4.98 Å². The molecule has 3 aromatic heterocycles. The minimum atomic E-state index is 0.605. The van der Waals surface area contributed by atoms with Crippen LogP contribution >= 0.6 is 0 Å². The molecule has 5 aromatic rings. The molecule has 0 unspecified atom stereocenters. The topological polar surface area (TPSA) is 75.0 Å². The zero-order valence-electron chi connectivity index (χ0n) is 16.6. The van der Waals surface area contributed by atoms with Crippen LogP contribution in [0.15, 0.2) is 67.3 Å². The van der Waals surface area contributed by atoms with Crippen LogP contribution in [0.5, 0.6) is 11.5 Å². The Bertz CT molecular complexity index is 1360. The van der Waals surface area contributed by atoms with Crippen LogP contribution < -0.4 is 9.47 Å². The molecule has 0 atom stereocenters. The molecule has 0 radical (unpaired) electrons. The van der Waals surface area contributed by atoms with Crippen molar-refractivity contribution in [2.24, 2.45) is 0 Å². The first-order valence-corrected chi connectivity index (χ1v) is 9.49. The molecule has 3 heterocycles. The first-order chi connectivity index (χ1) is 14.7. The average Bonchev–Trinajstić information content (AvgIpc) is 3.20. The van der Waals surface area contributed by atoms with E-state index in [0.29, 0.717) is 23.6 Å². The molecule has 0 spiro atoms. The summed E-state index contributed by atoms with van der Waals surface area (Å²) in [5.74, 6) is 1.40. The van der Waals surface area contributed by atoms with Crippen LogP contribution in [-0.4, -0.2) is 38.7 Å². The van der Waals surface area contributed by atoms with Crippen LogP contribution in [0.1, 0.15) is 5.56 Å². The van der Waals surface area contributed by atoms with Crippen molar-refractivity contribution in [3.05, 3.63) is 72.8 Å². The number of fused-ring (bicyclic) bond motifs is 2. The number of hydrogen-bond donors (Lipinski definition) is 0. The Morgan fingerprint density at radius 1 is 0.933 bits per heavy atom. The van der Waals surface area contributed by atoms with Gasteiger partial charge in [-0.1, -0.05) is 12.1 Å². The molecule has 0 amide bonds. The predicted molar refractivity (Wildman–Crippen MR) is 115 cm³/mol. The largest absolute Gasteiger partial charge is 0.497 e. The maximum atomic E-state index is 5.53. The molecule has 0 N–H and O–H groups in total. The molecule has 7 heteroatoms. The molecule has 0 aliphatic rings. The number of hydrogen-bond acceptors (Lipinski definition) is 6. The second-order valence-electron chi connectivity index (χ2n) is 6.87. The maximum absolute atomic E-state index is 5.53. The lowest BCUT2D eigenvalue weighted by Crippen LogP contribution is -2.01. The van der Waals surface area contributed by atoms with Crippen molar-refractivity contribution in [2.45, 2.75) is 6.54 Å². The zero-order valence-corrected chi connectivity index (χ0v) is 16.6. The van der Waals surface area contributed by atoms with Crippen molar-refractivity contribution in [1.29, 1.82) is 0 Å². The Balaban J connectivity index is 1.54. The van der Waals surface area contributed by atoms with Crippen LogP contribution in [-0.2, 0) is 6.54 Å². The van der Waals surface area contributed by atoms with Crippen LogP contribution in [0.2, 0.25) is 0 Å². The molecule has 0 saturated carbocycles. The molecule has 0 saturated heterocycles. The van der Waals surface area contributed by atoms with E-state index >= 15 is 0 Å². The average molecular weight is 397 g/mol. The van der Waals surface area contributed by atoms with Gasteiger partial charge in [-0.15, -0.1) is 0 Å². The summed E-state index contributed by atoms with van der Waals surface area (Å²) in [6, 6.07) is 15.9. The van der Waals surface area contributed by atoms with E-state index in [1.165, 1.54) is 0 Å². The number of benzene rings is 2. The maximum Gasteiger partial charge on any atom is 0.197 e. The number of pyridine rings is 1. The van der Waals surface area contributed by atoms with Crippen molar-refractivity contribution in [2.75, 3.05) is 14.2 Å². The normalized spacial score (nSPS) is 11.1. The summed E-state index contributed by atoms with van der Waals surface area (Å²) in [6.45, 7) is 0.638. The van der Waals surface area contributed by atoms with Gasteiger partial charge in [-0.05, 0) is 35.9 Å². The molecule has 30 heavy (non-hydrogen) atoms. The molecule has 7 nitrogen and oxygen atoms in total. The lowest BCUT2D eigenvalue weighted by atomic mass is 10.1. The van der Waals surface area contributed by atoms with Gasteiger partial charge in [0, 0.05) is 23.2 Å². The molecule has 2 aromatic carbocycles. The van der Waals surface area contributed by atoms with Crippen LogP contribution in [0.4, 0.5) is 0 Å². The molecule has 0 bridgehead atoms. The zero-order chi connectivity index (χ0) is 20.5. The molecule has 5 rings (SSSR count). The molecule has 0 fully saturated rings. The van der Waals surface area contributed by atoms with Gasteiger partial charge >= 0.3 is 0 Å². The van der Waals surface area contributed by atoms with E-state index in [2.05, 4.69) is 33.2 Å². The first-order valence-electron chi connectivity index (χ1n) is 9.49. The smallest absolute Gasteiger partial charge is 0.197 e. The lowest BCUT2D eigenvalue weighted by Gasteiger charge is -2.10. The summed E-state index contributed by atoms with van der Waals surface area (Å²) in [4.78, 5) is 18.1. The van der Waals surface area contributed by atoms with Crippen molar-refractivity contribution < 1.29 is 9.47 Å². The highest BCUT2D eigenvalue weighted by molar-refractivity contribution is 5.79. The lowest BCUT2D eigenvalue weighted by molar-refractivity contribution is 0.395. The van der Waals surface area contributed by atoms with E-state index in [-0.39, 0.29) is 0 Å². The van der Waals surface area contributed by atoms with Crippen LogP contribution in [0.3, 0.4) is 0 Å². The Labute approximate surface area is 173 Å². The monoisotopic (exact) mass is 397 g/mol. The van der Waals surface area contributed by atoms with Gasteiger partial charge in [0.25, 0.3) is 0 Å². The Kier molecular flexibility index (Phi) is 4.48. The minimum absolute atomic E-state index is 0.605. The summed E-state index contributed by atoms with van der Waals surface area (Å²) in [5.41, 5.74) is 5.00. The summed E-state index contributed by atoms with van der Waals surface area (Å²) in [7, 11) is 3.25. The molecular weight excluding hydrogens is 378 g/mol. The Morgan fingerprint density at radius 3 is 2.73 bits per heavy atom. The second kappa shape index (κ2) is 7.44. The second-order valence-corrected chi connectivity index (χ2v) is 6.87.